The zero-order chi connectivity index (χ0) is 24.5. The summed E-state index contributed by atoms with van der Waals surface area (Å²) in [5, 5.41) is 1.03. The van der Waals surface area contributed by atoms with Gasteiger partial charge in [-0.15, -0.1) is 0 Å². The van der Waals surface area contributed by atoms with Crippen LogP contribution in [0.4, 0.5) is 16.0 Å². The number of nitrogens with zero attached hydrogens (tertiary/aromatic N) is 4. The number of halogens is 2. The first kappa shape index (κ1) is 22.9. The largest absolute Gasteiger partial charge is 0.465 e. The van der Waals surface area contributed by atoms with Crippen LogP contribution >= 0.6 is 11.6 Å². The number of hydrogen-bond acceptors (Lipinski definition) is 6. The van der Waals surface area contributed by atoms with Crippen molar-refractivity contribution in [2.75, 3.05) is 43.1 Å². The third-order valence-electron chi connectivity index (χ3n) is 6.11. The number of carbonyl (C=O) groups excluding carboxylic acids is 1. The molecule has 1 saturated heterocycles. The van der Waals surface area contributed by atoms with Gasteiger partial charge in [-0.1, -0.05) is 23.7 Å². The van der Waals surface area contributed by atoms with Crippen molar-refractivity contribution in [3.05, 3.63) is 93.5 Å². The van der Waals surface area contributed by atoms with Gasteiger partial charge in [0.15, 0.2) is 0 Å². The van der Waals surface area contributed by atoms with Crippen LogP contribution in [0.2, 0.25) is 5.02 Å². The predicted molar refractivity (Wildman–Crippen MR) is 135 cm³/mol. The fourth-order valence-electron chi connectivity index (χ4n) is 4.31. The number of fused-ring (bicyclic) bond motifs is 1. The monoisotopic (exact) mass is 492 g/mol. The van der Waals surface area contributed by atoms with Crippen LogP contribution in [0.5, 0.6) is 0 Å². The molecular formula is C26H22ClFN4O3. The molecule has 1 aliphatic rings. The van der Waals surface area contributed by atoms with Crippen LogP contribution in [-0.2, 0) is 4.74 Å². The number of ether oxygens (including phenoxy) is 1. The Labute approximate surface area is 205 Å². The Kier molecular flexibility index (Phi) is 6.13. The van der Waals surface area contributed by atoms with Gasteiger partial charge in [-0.25, -0.2) is 18.7 Å². The van der Waals surface area contributed by atoms with Gasteiger partial charge < -0.3 is 14.5 Å². The summed E-state index contributed by atoms with van der Waals surface area (Å²) in [5.41, 5.74) is 1.85. The van der Waals surface area contributed by atoms with Crippen LogP contribution in [0, 0.1) is 5.82 Å². The van der Waals surface area contributed by atoms with Gasteiger partial charge in [0.25, 0.3) is 5.56 Å². The number of methoxy groups -OCH3 is 1. The summed E-state index contributed by atoms with van der Waals surface area (Å²) in [7, 11) is 1.30. The molecule has 3 aromatic carbocycles. The van der Waals surface area contributed by atoms with Crippen LogP contribution in [0.15, 0.2) is 71.5 Å². The second kappa shape index (κ2) is 9.38. The first-order valence-corrected chi connectivity index (χ1v) is 11.5. The molecular weight excluding hydrogens is 471 g/mol. The van der Waals surface area contributed by atoms with E-state index in [4.69, 9.17) is 21.3 Å². The average molecular weight is 493 g/mol. The lowest BCUT2D eigenvalue weighted by molar-refractivity contribution is 0.0601. The number of benzene rings is 3. The summed E-state index contributed by atoms with van der Waals surface area (Å²) < 4.78 is 19.9. The number of carbonyl (C=O) groups is 1. The van der Waals surface area contributed by atoms with Crippen LogP contribution < -0.4 is 15.4 Å². The molecule has 0 N–H and O–H groups in total. The number of hydrogen-bond donors (Lipinski definition) is 0. The van der Waals surface area contributed by atoms with Gasteiger partial charge in [-0.3, -0.25) is 4.79 Å². The second-order valence-corrected chi connectivity index (χ2v) is 8.59. The van der Waals surface area contributed by atoms with Crippen LogP contribution in [0.25, 0.3) is 16.6 Å². The molecule has 178 valence electrons. The lowest BCUT2D eigenvalue weighted by Crippen LogP contribution is -2.48. The summed E-state index contributed by atoms with van der Waals surface area (Å²) in [6.07, 6.45) is 0. The van der Waals surface area contributed by atoms with Gasteiger partial charge in [0, 0.05) is 26.2 Å². The number of rotatable bonds is 4. The van der Waals surface area contributed by atoms with Crippen molar-refractivity contribution in [1.29, 1.82) is 0 Å². The third-order valence-corrected chi connectivity index (χ3v) is 6.43. The molecule has 2 heterocycles. The Bertz CT molecular complexity index is 1460. The Hall–Kier alpha value is -3.91. The minimum Gasteiger partial charge on any atom is -0.465 e. The molecule has 0 spiro atoms. The number of piperazine rings is 1. The molecule has 4 aromatic rings. The number of anilines is 2. The van der Waals surface area contributed by atoms with Gasteiger partial charge in [0.1, 0.15) is 5.82 Å². The molecule has 0 unspecified atom stereocenters. The Morgan fingerprint density at radius 2 is 1.66 bits per heavy atom. The van der Waals surface area contributed by atoms with Crippen molar-refractivity contribution >= 4 is 40.1 Å². The molecule has 0 atom stereocenters. The van der Waals surface area contributed by atoms with Gasteiger partial charge in [0.2, 0.25) is 5.95 Å². The van der Waals surface area contributed by atoms with Gasteiger partial charge in [-0.2, -0.15) is 0 Å². The zero-order valence-corrected chi connectivity index (χ0v) is 19.7. The van der Waals surface area contributed by atoms with E-state index in [1.165, 1.54) is 29.9 Å². The second-order valence-electron chi connectivity index (χ2n) is 8.18. The maximum absolute atomic E-state index is 13.6. The first-order valence-electron chi connectivity index (χ1n) is 11.1. The highest BCUT2D eigenvalue weighted by Crippen LogP contribution is 2.28. The normalized spacial score (nSPS) is 13.8. The van der Waals surface area contributed by atoms with E-state index in [9.17, 15) is 14.0 Å². The maximum atomic E-state index is 13.6. The molecule has 0 saturated carbocycles. The fourth-order valence-corrected chi connectivity index (χ4v) is 4.56. The van der Waals surface area contributed by atoms with Crippen molar-refractivity contribution in [2.24, 2.45) is 0 Å². The highest BCUT2D eigenvalue weighted by atomic mass is 35.5. The van der Waals surface area contributed by atoms with Crippen LogP contribution in [0.1, 0.15) is 10.4 Å². The molecule has 1 fully saturated rings. The van der Waals surface area contributed by atoms with Gasteiger partial charge in [0.05, 0.1) is 40.0 Å². The topological polar surface area (TPSA) is 67.7 Å². The van der Waals surface area contributed by atoms with Crippen LogP contribution in [0.3, 0.4) is 0 Å². The van der Waals surface area contributed by atoms with Gasteiger partial charge >= 0.3 is 5.97 Å². The Morgan fingerprint density at radius 3 is 2.34 bits per heavy atom. The van der Waals surface area contributed by atoms with E-state index in [0.717, 1.165) is 5.69 Å². The number of esters is 1. The van der Waals surface area contributed by atoms with Crippen molar-refractivity contribution in [1.82, 2.24) is 9.55 Å². The SMILES string of the molecule is COC(=O)c1ccc2c(=O)n(-c3ccc(F)cc3)c(N3CCN(c4ccccc4Cl)CC3)nc2c1. The van der Waals surface area contributed by atoms with Crippen molar-refractivity contribution < 1.29 is 13.9 Å². The van der Waals surface area contributed by atoms with Crippen molar-refractivity contribution in [2.45, 2.75) is 0 Å². The van der Waals surface area contributed by atoms with Gasteiger partial charge in [-0.05, 0) is 54.6 Å². The van der Waals surface area contributed by atoms with E-state index in [1.54, 1.807) is 24.3 Å². The van der Waals surface area contributed by atoms with E-state index < -0.39 is 11.8 Å². The molecule has 7 nitrogen and oxygen atoms in total. The Morgan fingerprint density at radius 1 is 0.971 bits per heavy atom. The highest BCUT2D eigenvalue weighted by molar-refractivity contribution is 6.33. The quantitative estimate of drug-likeness (QED) is 0.396. The van der Waals surface area contributed by atoms with E-state index in [0.29, 0.717) is 59.3 Å². The molecule has 1 aliphatic heterocycles. The van der Waals surface area contributed by atoms with Crippen LogP contribution in [-0.4, -0.2) is 48.8 Å². The molecule has 1 aromatic heterocycles. The standard InChI is InChI=1S/C26H22ClFN4O3/c1-35-25(34)17-6-11-20-22(16-17)29-26(32(24(20)33)19-9-7-18(28)8-10-19)31-14-12-30(13-15-31)23-5-3-2-4-21(23)27/h2-11,16H,12-15H2,1H3. The zero-order valence-electron chi connectivity index (χ0n) is 18.9. The molecule has 0 bridgehead atoms. The molecule has 0 radical (unpaired) electrons. The first-order chi connectivity index (χ1) is 17.0. The Balaban J connectivity index is 1.59. The lowest BCUT2D eigenvalue weighted by Gasteiger charge is -2.37. The lowest BCUT2D eigenvalue weighted by atomic mass is 10.1. The summed E-state index contributed by atoms with van der Waals surface area (Å²) in [4.78, 5) is 34.7. The fraction of sp³-hybridized carbons (Fsp3) is 0.192. The molecule has 35 heavy (non-hydrogen) atoms. The van der Waals surface area contributed by atoms with Crippen molar-refractivity contribution in [3.63, 3.8) is 0 Å². The maximum Gasteiger partial charge on any atom is 0.337 e. The molecule has 0 amide bonds. The summed E-state index contributed by atoms with van der Waals surface area (Å²) in [5.74, 6) is -0.477. The predicted octanol–water partition coefficient (Wildman–Crippen LogP) is 4.29. The van der Waals surface area contributed by atoms with E-state index in [1.807, 2.05) is 29.2 Å². The van der Waals surface area contributed by atoms with E-state index >= 15 is 0 Å². The molecule has 0 aliphatic carbocycles. The average Bonchev–Trinajstić information content (AvgIpc) is 2.89. The number of aromatic nitrogens is 2. The number of para-hydroxylation sites is 1. The summed E-state index contributed by atoms with van der Waals surface area (Å²) >= 11 is 6.39. The molecule has 9 heteroatoms. The minimum atomic E-state index is -0.508. The summed E-state index contributed by atoms with van der Waals surface area (Å²) in [6.45, 7) is 2.51. The van der Waals surface area contributed by atoms with Crippen molar-refractivity contribution in [3.8, 4) is 5.69 Å². The van der Waals surface area contributed by atoms with E-state index in [2.05, 4.69) is 4.90 Å². The smallest absolute Gasteiger partial charge is 0.337 e. The summed E-state index contributed by atoms with van der Waals surface area (Å²) in [6, 6.07) is 18.1. The minimum absolute atomic E-state index is 0.304. The van der Waals surface area contributed by atoms with E-state index in [-0.39, 0.29) is 5.56 Å². The third kappa shape index (κ3) is 4.33. The molecule has 5 rings (SSSR count). The highest BCUT2D eigenvalue weighted by Gasteiger charge is 2.24.